The van der Waals surface area contributed by atoms with Crippen LogP contribution < -0.4 is 5.32 Å². The van der Waals surface area contributed by atoms with Gasteiger partial charge >= 0.3 is 12.1 Å². The molecule has 2 atom stereocenters. The van der Waals surface area contributed by atoms with Crippen LogP contribution in [0.25, 0.3) is 11.4 Å². The molecule has 5 aliphatic rings. The molecule has 0 saturated heterocycles. The lowest BCUT2D eigenvalue weighted by Crippen LogP contribution is -2.69. The van der Waals surface area contributed by atoms with E-state index in [1.54, 1.807) is 17.0 Å². The summed E-state index contributed by atoms with van der Waals surface area (Å²) in [6, 6.07) is 6.75. The topological polar surface area (TPSA) is 112 Å². The second kappa shape index (κ2) is 7.29. The van der Waals surface area contributed by atoms with Crippen LogP contribution in [0.5, 0.6) is 0 Å². The van der Waals surface area contributed by atoms with Gasteiger partial charge in [-0.15, -0.1) is 0 Å². The van der Waals surface area contributed by atoms with Gasteiger partial charge in [0, 0.05) is 23.7 Å². The second-order valence-electron chi connectivity index (χ2n) is 10.4. The van der Waals surface area contributed by atoms with Crippen molar-refractivity contribution >= 4 is 11.8 Å². The third-order valence-electron chi connectivity index (χ3n) is 8.06. The van der Waals surface area contributed by atoms with Crippen LogP contribution in [0.2, 0.25) is 0 Å². The van der Waals surface area contributed by atoms with Crippen molar-refractivity contribution in [2.24, 2.45) is 10.8 Å². The van der Waals surface area contributed by atoms with Crippen LogP contribution in [0, 0.1) is 22.2 Å². The van der Waals surface area contributed by atoms with Crippen LogP contribution in [0.15, 0.2) is 22.7 Å². The number of carbonyl (C=O) groups excluding carboxylic acids is 2. The predicted molar refractivity (Wildman–Crippen MR) is 113 cm³/mol. The lowest BCUT2D eigenvalue weighted by Gasteiger charge is -2.65. The number of hydrogen-bond acceptors (Lipinski definition) is 6. The molecule has 1 aromatic carbocycles. The van der Waals surface area contributed by atoms with Gasteiger partial charge in [-0.1, -0.05) is 30.1 Å². The van der Waals surface area contributed by atoms with E-state index in [-0.39, 0.29) is 40.7 Å². The van der Waals surface area contributed by atoms with E-state index >= 15 is 0 Å². The Morgan fingerprint density at radius 2 is 1.97 bits per heavy atom. The Morgan fingerprint density at radius 3 is 2.66 bits per heavy atom. The maximum atomic E-state index is 13.4. The Hall–Kier alpha value is -3.42. The number of carbonyl (C=O) groups is 2. The fraction of sp³-hybridized carbons (Fsp3) is 0.542. The number of rotatable bonds is 4. The van der Waals surface area contributed by atoms with Gasteiger partial charge in [-0.2, -0.15) is 23.4 Å². The zero-order valence-corrected chi connectivity index (χ0v) is 18.7. The molecule has 11 heteroatoms. The summed E-state index contributed by atoms with van der Waals surface area (Å²) in [7, 11) is 0. The lowest BCUT2D eigenvalue weighted by molar-refractivity contribution is -0.186. The van der Waals surface area contributed by atoms with Crippen LogP contribution in [-0.2, 0) is 17.5 Å². The molecule has 1 aromatic heterocycles. The first kappa shape index (κ1) is 22.1. The largest absolute Gasteiger partial charge is 0.471 e. The molecule has 0 spiro atoms. The zero-order chi connectivity index (χ0) is 24.6. The van der Waals surface area contributed by atoms with Crippen LogP contribution in [-0.4, -0.2) is 38.9 Å². The molecule has 8 nitrogen and oxygen atoms in total. The van der Waals surface area contributed by atoms with Gasteiger partial charge in [0.1, 0.15) is 0 Å². The first-order valence-corrected chi connectivity index (χ1v) is 11.7. The monoisotopic (exact) mass is 485 g/mol. The van der Waals surface area contributed by atoms with Gasteiger partial charge < -0.3 is 14.7 Å². The standard InChI is InChI=1S/C24H22F3N5O3/c25-24(26,27)21-30-18(31-35-21)13-5-6-14-8-32(19(33)15(14)7-13)17-4-2-1-3-16(17)29-20(34)23-9-22(10-23,11-23)12-28/h5-7,16-17H,1-4,8-11H2,(H,29,34)/t16?,17-,22?,23?/m1/s1. The first-order valence-electron chi connectivity index (χ1n) is 11.7. The van der Waals surface area contributed by atoms with E-state index in [0.717, 1.165) is 31.2 Å². The van der Waals surface area contributed by atoms with E-state index in [9.17, 15) is 28.0 Å². The fourth-order valence-corrected chi connectivity index (χ4v) is 6.31. The van der Waals surface area contributed by atoms with E-state index < -0.39 is 17.5 Å². The van der Waals surface area contributed by atoms with Crippen LogP contribution in [0.4, 0.5) is 13.2 Å². The number of amides is 2. The molecule has 1 unspecified atom stereocenters. The van der Waals surface area contributed by atoms with Crippen molar-refractivity contribution < 1.29 is 27.3 Å². The molecule has 1 aliphatic heterocycles. The van der Waals surface area contributed by atoms with Crippen molar-refractivity contribution in [2.45, 2.75) is 69.8 Å². The maximum absolute atomic E-state index is 13.4. The SMILES string of the molecule is N#CC12CC(C(=O)NC3CCCC[C@H]3N3Cc4ccc(-c5noc(C(F)(F)F)n5)cc4C3=O)(C1)C2. The minimum absolute atomic E-state index is 0.0180. The van der Waals surface area contributed by atoms with Crippen molar-refractivity contribution in [1.29, 1.82) is 5.26 Å². The number of aromatic nitrogens is 2. The third kappa shape index (κ3) is 3.33. The number of nitrogens with zero attached hydrogens (tertiary/aromatic N) is 4. The number of nitriles is 1. The van der Waals surface area contributed by atoms with Crippen LogP contribution in [0.1, 0.15) is 66.8 Å². The molecular formula is C24H22F3N5O3. The van der Waals surface area contributed by atoms with Crippen LogP contribution >= 0.6 is 0 Å². The molecule has 0 radical (unpaired) electrons. The summed E-state index contributed by atoms with van der Waals surface area (Å²) in [5.41, 5.74) is 0.690. The Balaban J connectivity index is 1.19. The number of benzene rings is 1. The fourth-order valence-electron chi connectivity index (χ4n) is 6.31. The molecule has 2 aromatic rings. The van der Waals surface area contributed by atoms with Gasteiger partial charge in [-0.05, 0) is 43.7 Å². The number of fused-ring (bicyclic) bond motifs is 1. The van der Waals surface area contributed by atoms with Crippen molar-refractivity contribution in [1.82, 2.24) is 20.4 Å². The molecule has 2 heterocycles. The van der Waals surface area contributed by atoms with Crippen molar-refractivity contribution in [3.05, 3.63) is 35.2 Å². The minimum Gasteiger partial charge on any atom is -0.351 e. The van der Waals surface area contributed by atoms with E-state index in [1.165, 1.54) is 6.07 Å². The van der Waals surface area contributed by atoms with Gasteiger partial charge in [0.25, 0.3) is 5.91 Å². The first-order chi connectivity index (χ1) is 16.6. The second-order valence-corrected chi connectivity index (χ2v) is 10.4. The van der Waals surface area contributed by atoms with Crippen molar-refractivity contribution in [3.63, 3.8) is 0 Å². The molecule has 182 valence electrons. The summed E-state index contributed by atoms with van der Waals surface area (Å²) in [6.07, 6.45) is 0.512. The van der Waals surface area contributed by atoms with E-state index in [0.29, 0.717) is 31.4 Å². The average molecular weight is 485 g/mol. The number of hydrogen-bond donors (Lipinski definition) is 1. The Morgan fingerprint density at radius 1 is 1.23 bits per heavy atom. The number of halogens is 3. The molecule has 2 bridgehead atoms. The van der Waals surface area contributed by atoms with Gasteiger partial charge in [-0.25, -0.2) is 0 Å². The summed E-state index contributed by atoms with van der Waals surface area (Å²) in [5.74, 6) is -1.91. The molecule has 4 saturated carbocycles. The quantitative estimate of drug-likeness (QED) is 0.705. The Labute approximate surface area is 198 Å². The van der Waals surface area contributed by atoms with Crippen molar-refractivity contribution in [3.8, 4) is 17.5 Å². The highest BCUT2D eigenvalue weighted by molar-refractivity contribution is 5.99. The number of alkyl halides is 3. The molecule has 35 heavy (non-hydrogen) atoms. The molecule has 2 amide bonds. The van der Waals surface area contributed by atoms with E-state index in [4.69, 9.17) is 0 Å². The smallest absolute Gasteiger partial charge is 0.351 e. The number of nitrogens with one attached hydrogen (secondary N) is 1. The summed E-state index contributed by atoms with van der Waals surface area (Å²) in [4.78, 5) is 31.6. The highest BCUT2D eigenvalue weighted by atomic mass is 19.4. The lowest BCUT2D eigenvalue weighted by atomic mass is 9.35. The summed E-state index contributed by atoms with van der Waals surface area (Å²) in [5, 5.41) is 15.8. The molecule has 4 fully saturated rings. The van der Waals surface area contributed by atoms with Gasteiger partial charge in [0.15, 0.2) is 0 Å². The summed E-state index contributed by atoms with van der Waals surface area (Å²) >= 11 is 0. The third-order valence-corrected chi connectivity index (χ3v) is 8.06. The minimum atomic E-state index is -4.75. The van der Waals surface area contributed by atoms with E-state index in [1.807, 2.05) is 0 Å². The molecule has 7 rings (SSSR count). The molecule has 1 N–H and O–H groups in total. The zero-order valence-electron chi connectivity index (χ0n) is 18.7. The normalized spacial score (nSPS) is 31.3. The van der Waals surface area contributed by atoms with E-state index in [2.05, 4.69) is 26.0 Å². The van der Waals surface area contributed by atoms with Gasteiger partial charge in [0.05, 0.1) is 22.9 Å². The average Bonchev–Trinajstić information content (AvgIpc) is 3.38. The van der Waals surface area contributed by atoms with Gasteiger partial charge in [0.2, 0.25) is 11.7 Å². The van der Waals surface area contributed by atoms with Crippen molar-refractivity contribution in [2.75, 3.05) is 0 Å². The van der Waals surface area contributed by atoms with Crippen LogP contribution in [0.3, 0.4) is 0 Å². The highest BCUT2D eigenvalue weighted by Crippen LogP contribution is 2.73. The summed E-state index contributed by atoms with van der Waals surface area (Å²) < 4.78 is 42.8. The highest BCUT2D eigenvalue weighted by Gasteiger charge is 2.72. The predicted octanol–water partition coefficient (Wildman–Crippen LogP) is 3.83. The Bertz CT molecular complexity index is 1260. The Kier molecular flexibility index (Phi) is 4.60. The summed E-state index contributed by atoms with van der Waals surface area (Å²) in [6.45, 7) is 0.369. The molecule has 4 aliphatic carbocycles. The molecular weight excluding hydrogens is 463 g/mol. The maximum Gasteiger partial charge on any atom is 0.471 e. The van der Waals surface area contributed by atoms with Gasteiger partial charge in [-0.3, -0.25) is 9.59 Å².